The Morgan fingerprint density at radius 1 is 1.31 bits per heavy atom. The average Bonchev–Trinajstić information content (AvgIpc) is 2.75. The number of hydrogen-bond donors (Lipinski definition) is 0. The molecule has 2 aromatic rings. The molecule has 2 rings (SSSR count). The van der Waals surface area contributed by atoms with E-state index < -0.39 is 0 Å². The Kier molecular flexibility index (Phi) is 4.73. The molecule has 0 N–H and O–H groups in total. The molecule has 0 radical (unpaired) electrons. The van der Waals surface area contributed by atoms with Gasteiger partial charge in [-0.1, -0.05) is 0 Å². The van der Waals surface area contributed by atoms with Crippen LogP contribution in [0.25, 0.3) is 8.96 Å². The van der Waals surface area contributed by atoms with Gasteiger partial charge in [-0.3, -0.25) is 0 Å². The first kappa shape index (κ1) is 13.3. The van der Waals surface area contributed by atoms with Crippen molar-refractivity contribution in [2.24, 2.45) is 0 Å². The Morgan fingerprint density at radius 3 is 2.56 bits per heavy atom. The number of fused-ring (bicyclic) bond motifs is 1. The fraction of sp³-hybridized carbons (Fsp3) is 0.455. The van der Waals surface area contributed by atoms with Crippen LogP contribution in [-0.2, 0) is 6.54 Å². The predicted molar refractivity (Wildman–Crippen MR) is 80.8 cm³/mol. The SMILES string of the molecule is CCN(CC)Cc1[se]c2cc(Br)sc2c1Br. The molecule has 5 heteroatoms. The van der Waals surface area contributed by atoms with E-state index in [2.05, 4.69) is 56.7 Å². The van der Waals surface area contributed by atoms with Crippen LogP contribution in [0, 0.1) is 0 Å². The van der Waals surface area contributed by atoms with Crippen LogP contribution in [0.4, 0.5) is 0 Å². The van der Waals surface area contributed by atoms with Crippen LogP contribution in [0.2, 0.25) is 0 Å². The molecule has 0 saturated carbocycles. The fourth-order valence-corrected chi connectivity index (χ4v) is 7.78. The van der Waals surface area contributed by atoms with Crippen LogP contribution in [0.1, 0.15) is 18.3 Å². The fourth-order valence-electron chi connectivity index (χ4n) is 1.63. The standard InChI is InChI=1S/C11H13Br2NSSe/c1-3-14(4-2)6-8-10(13)11-7(16-8)5-9(12)15-11/h5H,3-4,6H2,1-2H3. The van der Waals surface area contributed by atoms with Crippen LogP contribution in [-0.4, -0.2) is 32.5 Å². The summed E-state index contributed by atoms with van der Waals surface area (Å²) in [5.41, 5.74) is 0. The molecule has 16 heavy (non-hydrogen) atoms. The summed E-state index contributed by atoms with van der Waals surface area (Å²) in [5.74, 6) is 0. The molecular weight excluding hydrogens is 417 g/mol. The van der Waals surface area contributed by atoms with Crippen molar-refractivity contribution in [1.29, 1.82) is 0 Å². The van der Waals surface area contributed by atoms with Crippen molar-refractivity contribution in [3.8, 4) is 0 Å². The molecule has 0 atom stereocenters. The quantitative estimate of drug-likeness (QED) is 0.654. The summed E-state index contributed by atoms with van der Waals surface area (Å²) in [5, 5.41) is 0. The van der Waals surface area contributed by atoms with Gasteiger partial charge in [-0.2, -0.15) is 0 Å². The van der Waals surface area contributed by atoms with Crippen molar-refractivity contribution < 1.29 is 0 Å². The van der Waals surface area contributed by atoms with E-state index in [9.17, 15) is 0 Å². The van der Waals surface area contributed by atoms with Gasteiger partial charge in [0.2, 0.25) is 0 Å². The van der Waals surface area contributed by atoms with Gasteiger partial charge in [0.25, 0.3) is 0 Å². The molecule has 0 spiro atoms. The van der Waals surface area contributed by atoms with Crippen molar-refractivity contribution in [3.05, 3.63) is 18.8 Å². The Morgan fingerprint density at radius 2 is 2.00 bits per heavy atom. The van der Waals surface area contributed by atoms with Crippen molar-refractivity contribution in [1.82, 2.24) is 4.90 Å². The second-order valence-electron chi connectivity index (χ2n) is 3.54. The van der Waals surface area contributed by atoms with Gasteiger partial charge in [0.15, 0.2) is 0 Å². The molecular formula is C11H13Br2NSSe. The van der Waals surface area contributed by atoms with Crippen molar-refractivity contribution in [2.45, 2.75) is 20.4 Å². The molecule has 2 heterocycles. The first-order valence-electron chi connectivity index (χ1n) is 5.24. The molecule has 0 amide bonds. The summed E-state index contributed by atoms with van der Waals surface area (Å²) in [6.45, 7) is 7.84. The minimum absolute atomic E-state index is 0.513. The topological polar surface area (TPSA) is 3.24 Å². The Bertz CT molecular complexity index is 487. The summed E-state index contributed by atoms with van der Waals surface area (Å²) >= 11 is 9.67. The molecule has 0 aromatic carbocycles. The second-order valence-corrected chi connectivity index (χ2v) is 9.15. The summed E-state index contributed by atoms with van der Waals surface area (Å²) in [4.78, 5) is 2.48. The summed E-state index contributed by atoms with van der Waals surface area (Å²) in [7, 11) is 0. The minimum atomic E-state index is 0.513. The van der Waals surface area contributed by atoms with Gasteiger partial charge < -0.3 is 0 Å². The monoisotopic (exact) mass is 429 g/mol. The first-order chi connectivity index (χ1) is 7.65. The molecule has 0 aliphatic carbocycles. The zero-order chi connectivity index (χ0) is 11.7. The number of hydrogen-bond acceptors (Lipinski definition) is 2. The Hall–Kier alpha value is 0.879. The van der Waals surface area contributed by atoms with Crippen LogP contribution >= 0.6 is 43.2 Å². The number of halogens is 2. The van der Waals surface area contributed by atoms with Crippen molar-refractivity contribution >= 4 is 66.7 Å². The van der Waals surface area contributed by atoms with E-state index in [4.69, 9.17) is 0 Å². The predicted octanol–water partition coefficient (Wildman–Crippen LogP) is 4.33. The van der Waals surface area contributed by atoms with E-state index in [0.717, 1.165) is 19.6 Å². The van der Waals surface area contributed by atoms with E-state index in [1.54, 1.807) is 4.44 Å². The number of rotatable bonds is 4. The molecule has 0 bridgehead atoms. The Balaban J connectivity index is 2.31. The maximum atomic E-state index is 3.76. The van der Waals surface area contributed by atoms with Gasteiger partial charge in [-0.15, -0.1) is 0 Å². The van der Waals surface area contributed by atoms with Crippen LogP contribution in [0.3, 0.4) is 0 Å². The molecule has 88 valence electrons. The van der Waals surface area contributed by atoms with Gasteiger partial charge in [0.05, 0.1) is 0 Å². The molecule has 1 nitrogen and oxygen atoms in total. The summed E-state index contributed by atoms with van der Waals surface area (Å²) in [6.07, 6.45) is 0. The zero-order valence-corrected chi connectivity index (χ0v) is 14.9. The number of thiophene rings is 1. The second kappa shape index (κ2) is 5.68. The van der Waals surface area contributed by atoms with Gasteiger partial charge >= 0.3 is 124 Å². The molecule has 0 saturated heterocycles. The van der Waals surface area contributed by atoms with Crippen LogP contribution in [0.5, 0.6) is 0 Å². The van der Waals surface area contributed by atoms with Gasteiger partial charge in [-0.05, 0) is 0 Å². The van der Waals surface area contributed by atoms with E-state index in [-0.39, 0.29) is 0 Å². The van der Waals surface area contributed by atoms with Gasteiger partial charge in [0.1, 0.15) is 0 Å². The molecule has 0 fully saturated rings. The first-order valence-corrected chi connectivity index (χ1v) is 9.35. The third-order valence-electron chi connectivity index (χ3n) is 2.61. The third kappa shape index (κ3) is 2.65. The van der Waals surface area contributed by atoms with Crippen molar-refractivity contribution in [3.63, 3.8) is 0 Å². The normalized spacial score (nSPS) is 11.8. The van der Waals surface area contributed by atoms with E-state index in [0.29, 0.717) is 14.5 Å². The summed E-state index contributed by atoms with van der Waals surface area (Å²) in [6, 6.07) is 2.27. The zero-order valence-electron chi connectivity index (χ0n) is 9.22. The molecule has 2 aromatic heterocycles. The van der Waals surface area contributed by atoms with Gasteiger partial charge in [0, 0.05) is 0 Å². The third-order valence-corrected chi connectivity index (χ3v) is 8.64. The van der Waals surface area contributed by atoms with Crippen molar-refractivity contribution in [2.75, 3.05) is 13.1 Å². The van der Waals surface area contributed by atoms with E-state index in [1.165, 1.54) is 17.2 Å². The number of nitrogens with zero attached hydrogens (tertiary/aromatic N) is 1. The summed E-state index contributed by atoms with van der Waals surface area (Å²) < 4.78 is 7.15. The van der Waals surface area contributed by atoms with E-state index >= 15 is 0 Å². The Labute approximate surface area is 123 Å². The molecule has 0 unspecified atom stereocenters. The van der Waals surface area contributed by atoms with E-state index in [1.807, 2.05) is 11.3 Å². The maximum absolute atomic E-state index is 3.76. The molecule has 0 aliphatic heterocycles. The van der Waals surface area contributed by atoms with Crippen LogP contribution < -0.4 is 0 Å². The molecule has 0 aliphatic rings. The van der Waals surface area contributed by atoms with Gasteiger partial charge in [-0.25, -0.2) is 0 Å². The van der Waals surface area contributed by atoms with Crippen LogP contribution in [0.15, 0.2) is 14.3 Å². The average molecular weight is 430 g/mol.